The van der Waals surface area contributed by atoms with Crippen LogP contribution in [-0.2, 0) is 10.0 Å². The standard InChI is InChI=1S/C17H23NO2S/c1-4-14-9-15-10-18(11-17(15)13(14)3)21(19,20)16-7-5-12(2)6-8-16/h4-8,13-15,17H,1,9-11H2,2-3H3/t13-,14-,15+,17+/m1/s1. The van der Waals surface area contributed by atoms with Crippen LogP contribution in [0, 0.1) is 30.6 Å². The van der Waals surface area contributed by atoms with Gasteiger partial charge >= 0.3 is 0 Å². The lowest BCUT2D eigenvalue weighted by atomic mass is 9.91. The molecule has 0 spiro atoms. The molecule has 2 fully saturated rings. The first-order valence-electron chi connectivity index (χ1n) is 7.63. The van der Waals surface area contributed by atoms with E-state index in [9.17, 15) is 8.42 Å². The summed E-state index contributed by atoms with van der Waals surface area (Å²) in [5, 5.41) is 0. The molecule has 0 N–H and O–H groups in total. The maximum atomic E-state index is 12.7. The van der Waals surface area contributed by atoms with Gasteiger partial charge in [0, 0.05) is 13.1 Å². The zero-order valence-electron chi connectivity index (χ0n) is 12.7. The van der Waals surface area contributed by atoms with E-state index in [1.807, 2.05) is 25.1 Å². The van der Waals surface area contributed by atoms with Crippen LogP contribution in [0.3, 0.4) is 0 Å². The molecule has 3 rings (SSSR count). The number of allylic oxidation sites excluding steroid dienone is 1. The van der Waals surface area contributed by atoms with Gasteiger partial charge in [0.25, 0.3) is 0 Å². The van der Waals surface area contributed by atoms with Crippen molar-refractivity contribution in [3.8, 4) is 0 Å². The monoisotopic (exact) mass is 305 g/mol. The van der Waals surface area contributed by atoms with Crippen LogP contribution in [-0.4, -0.2) is 25.8 Å². The molecule has 0 bridgehead atoms. The van der Waals surface area contributed by atoms with Crippen molar-refractivity contribution in [3.05, 3.63) is 42.5 Å². The molecule has 3 nitrogen and oxygen atoms in total. The third-order valence-electron chi connectivity index (χ3n) is 5.35. The highest BCUT2D eigenvalue weighted by Crippen LogP contribution is 2.47. The molecule has 1 aliphatic carbocycles. The molecule has 1 heterocycles. The molecular weight excluding hydrogens is 282 g/mol. The van der Waals surface area contributed by atoms with Gasteiger partial charge in [-0.2, -0.15) is 4.31 Å². The van der Waals surface area contributed by atoms with Crippen molar-refractivity contribution in [2.45, 2.75) is 25.2 Å². The Kier molecular flexibility index (Phi) is 3.70. The lowest BCUT2D eigenvalue weighted by molar-refractivity contribution is 0.353. The van der Waals surface area contributed by atoms with Crippen LogP contribution in [0.1, 0.15) is 18.9 Å². The highest BCUT2D eigenvalue weighted by molar-refractivity contribution is 7.89. The van der Waals surface area contributed by atoms with Gasteiger partial charge in [0.05, 0.1) is 4.90 Å². The zero-order valence-corrected chi connectivity index (χ0v) is 13.5. The Hall–Kier alpha value is -1.13. The minimum Gasteiger partial charge on any atom is -0.207 e. The van der Waals surface area contributed by atoms with Crippen molar-refractivity contribution in [3.63, 3.8) is 0 Å². The van der Waals surface area contributed by atoms with E-state index in [-0.39, 0.29) is 0 Å². The van der Waals surface area contributed by atoms with Crippen LogP contribution in [0.5, 0.6) is 0 Å². The molecule has 1 aromatic rings. The predicted molar refractivity (Wildman–Crippen MR) is 84.4 cm³/mol. The second-order valence-electron chi connectivity index (χ2n) is 6.55. The maximum absolute atomic E-state index is 12.7. The first-order chi connectivity index (χ1) is 9.93. The van der Waals surface area contributed by atoms with Gasteiger partial charge in [0.2, 0.25) is 10.0 Å². The van der Waals surface area contributed by atoms with Crippen LogP contribution in [0.15, 0.2) is 41.8 Å². The Morgan fingerprint density at radius 1 is 1.24 bits per heavy atom. The Labute approximate surface area is 127 Å². The highest BCUT2D eigenvalue weighted by Gasteiger charge is 2.47. The first kappa shape index (κ1) is 14.8. The molecule has 0 radical (unpaired) electrons. The van der Waals surface area contributed by atoms with E-state index in [0.717, 1.165) is 12.0 Å². The number of sulfonamides is 1. The van der Waals surface area contributed by atoms with E-state index >= 15 is 0 Å². The summed E-state index contributed by atoms with van der Waals surface area (Å²) in [4.78, 5) is 0.418. The van der Waals surface area contributed by atoms with Crippen LogP contribution >= 0.6 is 0 Å². The summed E-state index contributed by atoms with van der Waals surface area (Å²) in [6, 6.07) is 7.16. The largest absolute Gasteiger partial charge is 0.243 e. The molecule has 0 aromatic heterocycles. The van der Waals surface area contributed by atoms with Crippen LogP contribution in [0.2, 0.25) is 0 Å². The lowest BCUT2D eigenvalue weighted by Crippen LogP contribution is -2.31. The van der Waals surface area contributed by atoms with E-state index in [2.05, 4.69) is 13.5 Å². The number of fused-ring (bicyclic) bond motifs is 1. The minimum atomic E-state index is -3.34. The number of benzene rings is 1. The molecule has 1 saturated heterocycles. The van der Waals surface area contributed by atoms with Crippen molar-refractivity contribution in [2.75, 3.05) is 13.1 Å². The van der Waals surface area contributed by atoms with Gasteiger partial charge in [-0.15, -0.1) is 6.58 Å². The van der Waals surface area contributed by atoms with Crippen molar-refractivity contribution in [2.24, 2.45) is 23.7 Å². The molecule has 4 heteroatoms. The van der Waals surface area contributed by atoms with Gasteiger partial charge < -0.3 is 0 Å². The number of hydrogen-bond acceptors (Lipinski definition) is 2. The number of hydrogen-bond donors (Lipinski definition) is 0. The van der Waals surface area contributed by atoms with Crippen molar-refractivity contribution in [1.29, 1.82) is 0 Å². The van der Waals surface area contributed by atoms with E-state index in [1.165, 1.54) is 0 Å². The second kappa shape index (κ2) is 5.25. The summed E-state index contributed by atoms with van der Waals surface area (Å²) < 4.78 is 27.2. The fourth-order valence-electron chi connectivity index (χ4n) is 3.95. The van der Waals surface area contributed by atoms with Crippen molar-refractivity contribution >= 4 is 10.0 Å². The van der Waals surface area contributed by atoms with Gasteiger partial charge in [-0.1, -0.05) is 30.7 Å². The fraction of sp³-hybridized carbons (Fsp3) is 0.529. The number of nitrogens with zero attached hydrogens (tertiary/aromatic N) is 1. The quantitative estimate of drug-likeness (QED) is 0.805. The summed E-state index contributed by atoms with van der Waals surface area (Å²) in [6.07, 6.45) is 3.12. The Morgan fingerprint density at radius 2 is 1.90 bits per heavy atom. The zero-order chi connectivity index (χ0) is 15.2. The molecule has 1 aromatic carbocycles. The average Bonchev–Trinajstić information content (AvgIpc) is 3.00. The second-order valence-corrected chi connectivity index (χ2v) is 8.49. The molecule has 0 amide bonds. The third-order valence-corrected chi connectivity index (χ3v) is 7.19. The minimum absolute atomic E-state index is 0.418. The van der Waals surface area contributed by atoms with Gasteiger partial charge in [-0.05, 0) is 49.1 Å². The summed E-state index contributed by atoms with van der Waals surface area (Å²) in [5.41, 5.74) is 1.08. The Balaban J connectivity index is 1.81. The molecular formula is C17H23NO2S. The average molecular weight is 305 g/mol. The summed E-state index contributed by atoms with van der Waals surface area (Å²) in [5.74, 6) is 2.05. The van der Waals surface area contributed by atoms with Crippen molar-refractivity contribution in [1.82, 2.24) is 4.31 Å². The van der Waals surface area contributed by atoms with Crippen LogP contribution < -0.4 is 0 Å². The smallest absolute Gasteiger partial charge is 0.207 e. The van der Waals surface area contributed by atoms with Gasteiger partial charge in [-0.25, -0.2) is 8.42 Å². The molecule has 114 valence electrons. The van der Waals surface area contributed by atoms with E-state index < -0.39 is 10.0 Å². The molecule has 1 saturated carbocycles. The van der Waals surface area contributed by atoms with E-state index in [4.69, 9.17) is 0 Å². The van der Waals surface area contributed by atoms with Gasteiger partial charge in [0.1, 0.15) is 0 Å². The SMILES string of the molecule is C=C[C@@H]1C[C@H]2CN(S(=O)(=O)c3ccc(C)cc3)C[C@H]2[C@@H]1C. The van der Waals surface area contributed by atoms with Crippen LogP contribution in [0.25, 0.3) is 0 Å². The molecule has 1 aliphatic heterocycles. The number of rotatable bonds is 3. The normalized spacial score (nSPS) is 33.0. The van der Waals surface area contributed by atoms with Gasteiger partial charge in [0.15, 0.2) is 0 Å². The number of aryl methyl sites for hydroxylation is 1. The molecule has 2 aliphatic rings. The molecule has 4 atom stereocenters. The Morgan fingerprint density at radius 3 is 2.48 bits per heavy atom. The first-order valence-corrected chi connectivity index (χ1v) is 9.07. The Bertz CT molecular complexity index is 635. The molecule has 21 heavy (non-hydrogen) atoms. The van der Waals surface area contributed by atoms with Crippen LogP contribution in [0.4, 0.5) is 0 Å². The summed E-state index contributed by atoms with van der Waals surface area (Å²) in [6.45, 7) is 9.43. The summed E-state index contributed by atoms with van der Waals surface area (Å²) >= 11 is 0. The maximum Gasteiger partial charge on any atom is 0.243 e. The predicted octanol–water partition coefficient (Wildman–Crippen LogP) is 3.07. The fourth-order valence-corrected chi connectivity index (χ4v) is 5.48. The van der Waals surface area contributed by atoms with Crippen molar-refractivity contribution < 1.29 is 8.42 Å². The highest BCUT2D eigenvalue weighted by atomic mass is 32.2. The third kappa shape index (κ3) is 2.44. The molecule has 0 unspecified atom stereocenters. The lowest BCUT2D eigenvalue weighted by Gasteiger charge is -2.21. The summed E-state index contributed by atoms with van der Waals surface area (Å²) in [7, 11) is -3.34. The topological polar surface area (TPSA) is 37.4 Å². The van der Waals surface area contributed by atoms with E-state index in [0.29, 0.717) is 41.7 Å². The van der Waals surface area contributed by atoms with E-state index in [1.54, 1.807) is 16.4 Å². The van der Waals surface area contributed by atoms with Gasteiger partial charge in [-0.3, -0.25) is 0 Å².